The molecule has 1 aliphatic carbocycles. The van der Waals surface area contributed by atoms with Gasteiger partial charge in [0, 0.05) is 29.9 Å². The summed E-state index contributed by atoms with van der Waals surface area (Å²) >= 11 is 0. The molecule has 102 valence electrons. The Balaban J connectivity index is 1.67. The number of carbonyl (C=O) groups is 1. The van der Waals surface area contributed by atoms with Crippen molar-refractivity contribution in [2.45, 2.75) is 50.6 Å². The molecular weight excluding hydrogens is 238 g/mol. The fourth-order valence-corrected chi connectivity index (χ4v) is 2.97. The lowest BCUT2D eigenvalue weighted by molar-refractivity contribution is -0.116. The summed E-state index contributed by atoms with van der Waals surface area (Å²) in [5.41, 5.74) is 9.29. The van der Waals surface area contributed by atoms with Crippen LogP contribution in [0.25, 0.3) is 0 Å². The highest BCUT2D eigenvalue weighted by atomic mass is 16.1. The maximum Gasteiger partial charge on any atom is 0.224 e. The van der Waals surface area contributed by atoms with Crippen LogP contribution >= 0.6 is 0 Å². The van der Waals surface area contributed by atoms with Gasteiger partial charge in [-0.15, -0.1) is 0 Å². The van der Waals surface area contributed by atoms with Crippen molar-refractivity contribution in [3.63, 3.8) is 0 Å². The molecule has 2 aliphatic rings. The summed E-state index contributed by atoms with van der Waals surface area (Å²) in [6, 6.07) is 7.15. The fourth-order valence-electron chi connectivity index (χ4n) is 2.97. The maximum absolute atomic E-state index is 11.3. The number of aryl methyl sites for hydroxylation is 1. The van der Waals surface area contributed by atoms with Crippen molar-refractivity contribution in [1.82, 2.24) is 0 Å². The first-order valence-corrected chi connectivity index (χ1v) is 7.15. The van der Waals surface area contributed by atoms with Crippen LogP contribution in [0.5, 0.6) is 0 Å². The van der Waals surface area contributed by atoms with Gasteiger partial charge in [-0.05, 0) is 55.9 Å². The third-order valence-electron chi connectivity index (χ3n) is 4.14. The van der Waals surface area contributed by atoms with E-state index in [0.29, 0.717) is 18.5 Å². The van der Waals surface area contributed by atoms with Gasteiger partial charge in [0.05, 0.1) is 0 Å². The molecule has 1 aromatic carbocycles. The Morgan fingerprint density at radius 3 is 2.74 bits per heavy atom. The van der Waals surface area contributed by atoms with E-state index in [4.69, 9.17) is 5.73 Å². The first kappa shape index (κ1) is 12.5. The average molecular weight is 259 g/mol. The van der Waals surface area contributed by atoms with Crippen LogP contribution in [-0.4, -0.2) is 18.0 Å². The Bertz CT molecular complexity index is 478. The van der Waals surface area contributed by atoms with E-state index in [0.717, 1.165) is 43.5 Å². The minimum absolute atomic E-state index is 0.120. The maximum atomic E-state index is 11.3. The normalized spacial score (nSPS) is 26.5. The van der Waals surface area contributed by atoms with Crippen LogP contribution < -0.4 is 16.4 Å². The zero-order valence-corrected chi connectivity index (χ0v) is 11.1. The van der Waals surface area contributed by atoms with Crippen molar-refractivity contribution in [3.05, 3.63) is 23.8 Å². The van der Waals surface area contributed by atoms with Gasteiger partial charge in [0.1, 0.15) is 0 Å². The molecule has 1 heterocycles. The molecule has 4 nitrogen and oxygen atoms in total. The summed E-state index contributed by atoms with van der Waals surface area (Å²) < 4.78 is 0. The second-order valence-electron chi connectivity index (χ2n) is 5.68. The van der Waals surface area contributed by atoms with Gasteiger partial charge < -0.3 is 16.4 Å². The lowest BCUT2D eigenvalue weighted by Crippen LogP contribution is -2.32. The van der Waals surface area contributed by atoms with E-state index in [1.54, 1.807) is 0 Å². The number of nitrogens with two attached hydrogens (primary N) is 1. The molecule has 1 aromatic rings. The van der Waals surface area contributed by atoms with Crippen molar-refractivity contribution < 1.29 is 4.79 Å². The van der Waals surface area contributed by atoms with Gasteiger partial charge in [-0.25, -0.2) is 0 Å². The number of benzene rings is 1. The predicted octanol–water partition coefficient (Wildman–Crippen LogP) is 2.25. The first-order valence-electron chi connectivity index (χ1n) is 7.15. The number of nitrogens with one attached hydrogen (secondary N) is 2. The Kier molecular flexibility index (Phi) is 3.42. The molecule has 4 N–H and O–H groups in total. The van der Waals surface area contributed by atoms with E-state index in [-0.39, 0.29) is 5.91 Å². The van der Waals surface area contributed by atoms with Gasteiger partial charge in [-0.2, -0.15) is 0 Å². The largest absolute Gasteiger partial charge is 0.382 e. The van der Waals surface area contributed by atoms with Crippen LogP contribution in [0.3, 0.4) is 0 Å². The highest BCUT2D eigenvalue weighted by Gasteiger charge is 2.19. The molecule has 1 amide bonds. The Labute approximate surface area is 113 Å². The predicted molar refractivity (Wildman–Crippen MR) is 77.2 cm³/mol. The van der Waals surface area contributed by atoms with Crippen LogP contribution in [0.2, 0.25) is 0 Å². The monoisotopic (exact) mass is 259 g/mol. The summed E-state index contributed by atoms with van der Waals surface area (Å²) in [7, 11) is 0. The number of amides is 1. The molecule has 0 saturated heterocycles. The zero-order chi connectivity index (χ0) is 13.2. The Hall–Kier alpha value is -1.55. The minimum Gasteiger partial charge on any atom is -0.382 e. The summed E-state index contributed by atoms with van der Waals surface area (Å²) in [6.45, 7) is 0. The molecule has 1 aliphatic heterocycles. The van der Waals surface area contributed by atoms with Crippen molar-refractivity contribution >= 4 is 17.3 Å². The Morgan fingerprint density at radius 1 is 1.16 bits per heavy atom. The summed E-state index contributed by atoms with van der Waals surface area (Å²) in [5.74, 6) is 0.120. The van der Waals surface area contributed by atoms with Crippen LogP contribution in [0.15, 0.2) is 18.2 Å². The molecule has 0 spiro atoms. The molecule has 3 rings (SSSR count). The molecule has 0 bridgehead atoms. The van der Waals surface area contributed by atoms with E-state index in [1.807, 2.05) is 6.07 Å². The van der Waals surface area contributed by atoms with Crippen molar-refractivity contribution in [2.24, 2.45) is 5.73 Å². The quantitative estimate of drug-likeness (QED) is 0.763. The standard InChI is InChI=1S/C15H21N3O/c16-11-2-4-12(5-3-11)17-13-6-7-14-10(9-13)1-8-15(19)18-14/h6-7,9,11-12,17H,1-5,8,16H2,(H,18,19). The van der Waals surface area contributed by atoms with Crippen LogP contribution in [0.1, 0.15) is 37.7 Å². The van der Waals surface area contributed by atoms with Crippen LogP contribution in [-0.2, 0) is 11.2 Å². The van der Waals surface area contributed by atoms with Gasteiger partial charge in [0.2, 0.25) is 5.91 Å². The van der Waals surface area contributed by atoms with E-state index in [2.05, 4.69) is 22.8 Å². The van der Waals surface area contributed by atoms with Gasteiger partial charge >= 0.3 is 0 Å². The number of rotatable bonds is 2. The van der Waals surface area contributed by atoms with Crippen molar-refractivity contribution in [1.29, 1.82) is 0 Å². The number of carbonyl (C=O) groups excluding carboxylic acids is 1. The SMILES string of the molecule is NC1CCC(Nc2ccc3c(c2)CCC(=O)N3)CC1. The topological polar surface area (TPSA) is 67.1 Å². The molecule has 19 heavy (non-hydrogen) atoms. The number of hydrogen-bond acceptors (Lipinski definition) is 3. The molecular formula is C15H21N3O. The summed E-state index contributed by atoms with van der Waals surface area (Å²) in [6.07, 6.45) is 5.95. The molecule has 1 saturated carbocycles. The van der Waals surface area contributed by atoms with Crippen LogP contribution in [0.4, 0.5) is 11.4 Å². The van der Waals surface area contributed by atoms with Crippen molar-refractivity contribution in [3.8, 4) is 0 Å². The van der Waals surface area contributed by atoms with Gasteiger partial charge in [0.15, 0.2) is 0 Å². The molecule has 0 radical (unpaired) electrons. The van der Waals surface area contributed by atoms with E-state index >= 15 is 0 Å². The second kappa shape index (κ2) is 5.21. The highest BCUT2D eigenvalue weighted by Crippen LogP contribution is 2.27. The van der Waals surface area contributed by atoms with E-state index in [1.165, 1.54) is 5.56 Å². The van der Waals surface area contributed by atoms with Crippen LogP contribution in [0, 0.1) is 0 Å². The number of fused-ring (bicyclic) bond motifs is 1. The zero-order valence-electron chi connectivity index (χ0n) is 11.1. The Morgan fingerprint density at radius 2 is 1.95 bits per heavy atom. The molecule has 0 aromatic heterocycles. The lowest BCUT2D eigenvalue weighted by atomic mass is 9.91. The first-order chi connectivity index (χ1) is 9.20. The number of anilines is 2. The minimum atomic E-state index is 0.120. The van der Waals surface area contributed by atoms with E-state index < -0.39 is 0 Å². The van der Waals surface area contributed by atoms with Crippen molar-refractivity contribution in [2.75, 3.05) is 10.6 Å². The molecule has 4 heteroatoms. The van der Waals surface area contributed by atoms with Gasteiger partial charge in [-0.3, -0.25) is 4.79 Å². The fraction of sp³-hybridized carbons (Fsp3) is 0.533. The second-order valence-corrected chi connectivity index (χ2v) is 5.68. The third-order valence-corrected chi connectivity index (χ3v) is 4.14. The smallest absolute Gasteiger partial charge is 0.224 e. The third kappa shape index (κ3) is 2.89. The molecule has 1 fully saturated rings. The average Bonchev–Trinajstić information content (AvgIpc) is 2.42. The van der Waals surface area contributed by atoms with Gasteiger partial charge in [0.25, 0.3) is 0 Å². The lowest BCUT2D eigenvalue weighted by Gasteiger charge is -2.28. The molecule has 0 unspecified atom stereocenters. The summed E-state index contributed by atoms with van der Waals surface area (Å²) in [4.78, 5) is 11.3. The van der Waals surface area contributed by atoms with E-state index in [9.17, 15) is 4.79 Å². The number of hydrogen-bond donors (Lipinski definition) is 3. The highest BCUT2D eigenvalue weighted by molar-refractivity contribution is 5.94. The van der Waals surface area contributed by atoms with Gasteiger partial charge in [-0.1, -0.05) is 0 Å². The molecule has 0 atom stereocenters. The summed E-state index contributed by atoms with van der Waals surface area (Å²) in [5, 5.41) is 6.51.